The van der Waals surface area contributed by atoms with Crippen molar-refractivity contribution in [1.29, 1.82) is 0 Å². The van der Waals surface area contributed by atoms with Crippen molar-refractivity contribution in [3.05, 3.63) is 143 Å². The number of hydrogen-bond acceptors (Lipinski definition) is 2. The number of nitrogen functional groups attached to an aromatic ring is 1. The number of para-hydroxylation sites is 1. The highest BCUT2D eigenvalue weighted by Gasteiger charge is 2.14. The number of anilines is 2. The van der Waals surface area contributed by atoms with Crippen LogP contribution in [-0.2, 0) is 19.3 Å². The molecule has 2 nitrogen and oxygen atoms in total. The van der Waals surface area contributed by atoms with E-state index >= 15 is 0 Å². The first kappa shape index (κ1) is 25.0. The molecule has 0 saturated carbocycles. The molecule has 0 fully saturated rings. The van der Waals surface area contributed by atoms with Crippen molar-refractivity contribution < 1.29 is 0 Å². The number of hydrogen-bond donors (Lipinski definition) is 1. The van der Waals surface area contributed by atoms with E-state index in [1.807, 2.05) is 6.07 Å². The summed E-state index contributed by atoms with van der Waals surface area (Å²) in [5.41, 5.74) is 15.5. The molecular weight excluding hydrogens is 472 g/mol. The Morgan fingerprint density at radius 2 is 1.44 bits per heavy atom. The van der Waals surface area contributed by atoms with E-state index in [-0.39, 0.29) is 0 Å². The third-order valence-electron chi connectivity index (χ3n) is 8.03. The van der Waals surface area contributed by atoms with Gasteiger partial charge in [-0.15, -0.1) is 0 Å². The van der Waals surface area contributed by atoms with Gasteiger partial charge in [0.25, 0.3) is 0 Å². The monoisotopic (exact) mass is 508 g/mol. The summed E-state index contributed by atoms with van der Waals surface area (Å²) < 4.78 is 0. The Morgan fingerprint density at radius 3 is 2.28 bits per heavy atom. The zero-order chi connectivity index (χ0) is 26.6. The third-order valence-corrected chi connectivity index (χ3v) is 8.03. The minimum atomic E-state index is 0.872. The zero-order valence-electron chi connectivity index (χ0n) is 22.7. The van der Waals surface area contributed by atoms with Crippen LogP contribution in [-0.4, -0.2) is 6.54 Å². The summed E-state index contributed by atoms with van der Waals surface area (Å²) in [6, 6.07) is 34.6. The van der Waals surface area contributed by atoms with Gasteiger partial charge in [0.2, 0.25) is 0 Å². The first-order valence-corrected chi connectivity index (χ1v) is 14.1. The van der Waals surface area contributed by atoms with Gasteiger partial charge in [-0.3, -0.25) is 0 Å². The highest BCUT2D eigenvalue weighted by Crippen LogP contribution is 2.34. The van der Waals surface area contributed by atoms with Crippen LogP contribution in [0.5, 0.6) is 0 Å². The van der Waals surface area contributed by atoms with E-state index in [0.29, 0.717) is 0 Å². The fourth-order valence-corrected chi connectivity index (χ4v) is 5.94. The normalized spacial score (nSPS) is 14.5. The van der Waals surface area contributed by atoms with Gasteiger partial charge in [0.15, 0.2) is 0 Å². The molecule has 5 aromatic carbocycles. The van der Waals surface area contributed by atoms with Crippen LogP contribution in [0.4, 0.5) is 11.4 Å². The Labute approximate surface area is 232 Å². The number of rotatable bonds is 3. The highest BCUT2D eigenvalue weighted by atomic mass is 15.1. The second-order valence-corrected chi connectivity index (χ2v) is 10.8. The third kappa shape index (κ3) is 5.47. The lowest BCUT2D eigenvalue weighted by molar-refractivity contribution is 0.690. The molecule has 194 valence electrons. The lowest BCUT2D eigenvalue weighted by atomic mass is 9.86. The van der Waals surface area contributed by atoms with Crippen molar-refractivity contribution in [1.82, 2.24) is 0 Å². The van der Waals surface area contributed by atoms with Gasteiger partial charge in [-0.25, -0.2) is 0 Å². The summed E-state index contributed by atoms with van der Waals surface area (Å²) >= 11 is 0. The van der Waals surface area contributed by atoms with Crippen molar-refractivity contribution in [2.24, 2.45) is 0 Å². The molecule has 0 bridgehead atoms. The Bertz CT molecular complexity index is 1660. The number of aryl methyl sites for hydroxylation is 3. The number of benzene rings is 5. The second kappa shape index (κ2) is 11.2. The SMILES string of the molecule is Cc1ccc(CC2=CC=CN(c3ccccc3)C2)cc1.Nc1cccc2c1ccc1c3c(ccc12)CCCC3. The van der Waals surface area contributed by atoms with E-state index in [4.69, 9.17) is 5.73 Å². The summed E-state index contributed by atoms with van der Waals surface area (Å²) in [5, 5.41) is 5.23. The Kier molecular flexibility index (Phi) is 7.19. The molecule has 0 amide bonds. The number of nitrogens with two attached hydrogens (primary N) is 1. The fourth-order valence-electron chi connectivity index (χ4n) is 5.94. The molecule has 7 rings (SSSR count). The van der Waals surface area contributed by atoms with Crippen molar-refractivity contribution in [2.75, 3.05) is 17.2 Å². The van der Waals surface area contributed by atoms with Crippen molar-refractivity contribution >= 4 is 32.9 Å². The molecular formula is C37H36N2. The van der Waals surface area contributed by atoms with E-state index < -0.39 is 0 Å². The predicted molar refractivity (Wildman–Crippen MR) is 168 cm³/mol. The van der Waals surface area contributed by atoms with Crippen LogP contribution in [0, 0.1) is 6.92 Å². The number of nitrogens with zero attached hydrogens (tertiary/aromatic N) is 1. The van der Waals surface area contributed by atoms with Gasteiger partial charge in [-0.2, -0.15) is 0 Å². The van der Waals surface area contributed by atoms with Crippen LogP contribution in [0.2, 0.25) is 0 Å². The Balaban J connectivity index is 0.000000142. The maximum absolute atomic E-state index is 6.09. The molecule has 5 aromatic rings. The van der Waals surface area contributed by atoms with Gasteiger partial charge in [0.05, 0.1) is 0 Å². The summed E-state index contributed by atoms with van der Waals surface area (Å²) in [6.07, 6.45) is 12.7. The first-order valence-electron chi connectivity index (χ1n) is 14.1. The molecule has 2 N–H and O–H groups in total. The summed E-state index contributed by atoms with van der Waals surface area (Å²) in [5.74, 6) is 0. The largest absolute Gasteiger partial charge is 0.398 e. The van der Waals surface area contributed by atoms with Gasteiger partial charge >= 0.3 is 0 Å². The van der Waals surface area contributed by atoms with Gasteiger partial charge in [0.1, 0.15) is 0 Å². The summed E-state index contributed by atoms with van der Waals surface area (Å²) in [7, 11) is 0. The summed E-state index contributed by atoms with van der Waals surface area (Å²) in [4.78, 5) is 2.30. The van der Waals surface area contributed by atoms with Crippen molar-refractivity contribution in [2.45, 2.75) is 39.0 Å². The lowest BCUT2D eigenvalue weighted by Crippen LogP contribution is -2.22. The standard InChI is InChI=1S/C19H19N.C18H17N/c1-16-9-11-17(12-10-16)14-18-6-5-13-20(15-18)19-7-3-2-4-8-19;19-18-7-3-6-14-16-9-8-12-4-1-2-5-13(12)15(16)10-11-17(14)18/h2-13H,14-15H2,1H3;3,6-11H,1-2,4-5,19H2. The van der Waals surface area contributed by atoms with Crippen molar-refractivity contribution in [3.8, 4) is 0 Å². The molecule has 0 aromatic heterocycles. The zero-order valence-corrected chi connectivity index (χ0v) is 22.7. The molecule has 0 atom stereocenters. The molecule has 0 saturated heterocycles. The lowest BCUT2D eigenvalue weighted by Gasteiger charge is -2.25. The summed E-state index contributed by atoms with van der Waals surface area (Å²) in [6.45, 7) is 3.10. The van der Waals surface area contributed by atoms with Gasteiger partial charge in [-0.1, -0.05) is 90.5 Å². The smallest absolute Gasteiger partial charge is 0.0441 e. The van der Waals surface area contributed by atoms with Crippen LogP contribution in [0.1, 0.15) is 35.1 Å². The predicted octanol–water partition coefficient (Wildman–Crippen LogP) is 8.95. The molecule has 1 heterocycles. The molecule has 0 spiro atoms. The van der Waals surface area contributed by atoms with E-state index in [9.17, 15) is 0 Å². The fraction of sp³-hybridized carbons (Fsp3) is 0.189. The maximum Gasteiger partial charge on any atom is 0.0441 e. The van der Waals surface area contributed by atoms with Crippen LogP contribution in [0.15, 0.2) is 121 Å². The topological polar surface area (TPSA) is 29.3 Å². The van der Waals surface area contributed by atoms with E-state index in [1.165, 1.54) is 69.6 Å². The number of fused-ring (bicyclic) bond motifs is 5. The van der Waals surface area contributed by atoms with Crippen LogP contribution >= 0.6 is 0 Å². The Morgan fingerprint density at radius 1 is 0.692 bits per heavy atom. The number of allylic oxidation sites excluding steroid dienone is 2. The van der Waals surface area contributed by atoms with E-state index in [1.54, 1.807) is 11.1 Å². The molecule has 2 aliphatic rings. The molecule has 39 heavy (non-hydrogen) atoms. The van der Waals surface area contributed by atoms with E-state index in [0.717, 1.165) is 18.7 Å². The van der Waals surface area contributed by atoms with Gasteiger partial charge in [0, 0.05) is 29.5 Å². The van der Waals surface area contributed by atoms with Crippen LogP contribution in [0.25, 0.3) is 21.5 Å². The second-order valence-electron chi connectivity index (χ2n) is 10.8. The average Bonchev–Trinajstić information content (AvgIpc) is 2.99. The average molecular weight is 509 g/mol. The van der Waals surface area contributed by atoms with Gasteiger partial charge in [-0.05, 0) is 102 Å². The maximum atomic E-state index is 6.09. The Hall–Kier alpha value is -4.30. The molecule has 1 aliphatic heterocycles. The molecule has 0 radical (unpaired) electrons. The first-order chi connectivity index (χ1) is 19.2. The van der Waals surface area contributed by atoms with Crippen LogP contribution in [0.3, 0.4) is 0 Å². The van der Waals surface area contributed by atoms with Crippen LogP contribution < -0.4 is 10.6 Å². The van der Waals surface area contributed by atoms with E-state index in [2.05, 4.69) is 121 Å². The van der Waals surface area contributed by atoms with Gasteiger partial charge < -0.3 is 10.6 Å². The van der Waals surface area contributed by atoms with Crippen molar-refractivity contribution in [3.63, 3.8) is 0 Å². The molecule has 0 unspecified atom stereocenters. The molecule has 1 aliphatic carbocycles. The minimum absolute atomic E-state index is 0.872. The molecule has 2 heteroatoms. The quantitative estimate of drug-likeness (QED) is 0.195. The minimum Gasteiger partial charge on any atom is -0.398 e. The highest BCUT2D eigenvalue weighted by molar-refractivity contribution is 6.12.